The second-order valence-corrected chi connectivity index (χ2v) is 3.77. The summed E-state index contributed by atoms with van der Waals surface area (Å²) < 4.78 is 4.75. The summed E-state index contributed by atoms with van der Waals surface area (Å²) in [6.07, 6.45) is 5.29. The van der Waals surface area contributed by atoms with Gasteiger partial charge < -0.3 is 9.84 Å². The molecule has 1 N–H and O–H groups in total. The fourth-order valence-corrected chi connectivity index (χ4v) is 1.54. The predicted molar refractivity (Wildman–Crippen MR) is 61.7 cm³/mol. The van der Waals surface area contributed by atoms with Gasteiger partial charge in [0.25, 0.3) is 0 Å². The monoisotopic (exact) mass is 226 g/mol. The number of thiocarbonyl (C=S) groups is 1. The van der Waals surface area contributed by atoms with E-state index in [1.807, 2.05) is 6.08 Å². The minimum absolute atomic E-state index is 0.0212. The Morgan fingerprint density at radius 2 is 2.47 bits per heavy atom. The van der Waals surface area contributed by atoms with Crippen LogP contribution in [0.15, 0.2) is 23.8 Å². The minimum Gasteiger partial charge on any atom is -0.466 e. The fraction of sp³-hybridized carbons (Fsp3) is 0.455. The molecule has 0 spiro atoms. The van der Waals surface area contributed by atoms with Crippen LogP contribution in [0, 0.1) is 0 Å². The first-order valence-corrected chi connectivity index (χ1v) is 5.29. The summed E-state index contributed by atoms with van der Waals surface area (Å²) in [6, 6.07) is 0. The lowest BCUT2D eigenvalue weighted by atomic mass is 10.0. The molecule has 1 aliphatic rings. The Hall–Kier alpha value is -1.00. The first kappa shape index (κ1) is 12.1. The molecule has 1 atom stereocenters. The molecule has 82 valence electrons. The Morgan fingerprint density at radius 1 is 1.73 bits per heavy atom. The van der Waals surface area contributed by atoms with Crippen molar-refractivity contribution in [1.82, 2.24) is 0 Å². The molecule has 0 amide bonds. The third kappa shape index (κ3) is 3.93. The molecule has 1 rings (SSSR count). The Bertz CT molecular complexity index is 318. The molecule has 0 aromatic heterocycles. The number of carbonyl (C=O) groups is 1. The van der Waals surface area contributed by atoms with Crippen molar-refractivity contribution >= 4 is 23.1 Å². The van der Waals surface area contributed by atoms with Crippen molar-refractivity contribution in [3.8, 4) is 0 Å². The number of rotatable bonds is 4. The van der Waals surface area contributed by atoms with E-state index in [9.17, 15) is 9.90 Å². The zero-order valence-electron chi connectivity index (χ0n) is 8.60. The quantitative estimate of drug-likeness (QED) is 0.583. The van der Waals surface area contributed by atoms with Crippen LogP contribution in [0.5, 0.6) is 0 Å². The number of esters is 1. The number of carbonyl (C=O) groups excluding carboxylic acids is 1. The molecular formula is C11H14O3S. The molecule has 1 aliphatic carbocycles. The van der Waals surface area contributed by atoms with Crippen molar-refractivity contribution in [2.75, 3.05) is 6.61 Å². The van der Waals surface area contributed by atoms with Crippen LogP contribution < -0.4 is 0 Å². The maximum absolute atomic E-state index is 11.1. The number of allylic oxidation sites excluding steroid dienone is 2. The molecular weight excluding hydrogens is 212 g/mol. The van der Waals surface area contributed by atoms with Crippen molar-refractivity contribution in [1.29, 1.82) is 0 Å². The summed E-state index contributed by atoms with van der Waals surface area (Å²) in [7, 11) is 0. The van der Waals surface area contributed by atoms with Gasteiger partial charge in [0.1, 0.15) is 0 Å². The van der Waals surface area contributed by atoms with Gasteiger partial charge in [-0.2, -0.15) is 0 Å². The molecule has 0 bridgehead atoms. The van der Waals surface area contributed by atoms with Gasteiger partial charge in [0, 0.05) is 11.3 Å². The molecule has 0 aliphatic heterocycles. The van der Waals surface area contributed by atoms with E-state index >= 15 is 0 Å². The van der Waals surface area contributed by atoms with Crippen molar-refractivity contribution in [3.05, 3.63) is 23.8 Å². The number of aliphatic hydroxyl groups is 1. The summed E-state index contributed by atoms with van der Waals surface area (Å²) in [5.74, 6) is -0.393. The van der Waals surface area contributed by atoms with Gasteiger partial charge in [-0.1, -0.05) is 24.4 Å². The molecule has 3 nitrogen and oxygen atoms in total. The summed E-state index contributed by atoms with van der Waals surface area (Å²) in [5.41, 5.74) is 0.680. The van der Waals surface area contributed by atoms with Crippen LogP contribution >= 0.6 is 12.2 Å². The summed E-state index contributed by atoms with van der Waals surface area (Å²) in [5, 5.41) is 9.71. The van der Waals surface area contributed by atoms with Crippen molar-refractivity contribution in [3.63, 3.8) is 0 Å². The Morgan fingerprint density at radius 3 is 3.07 bits per heavy atom. The highest BCUT2D eigenvalue weighted by Crippen LogP contribution is 2.15. The molecule has 0 unspecified atom stereocenters. The van der Waals surface area contributed by atoms with Gasteiger partial charge in [-0.15, -0.1) is 0 Å². The molecule has 0 aromatic rings. The number of aliphatic hydroxyl groups excluding tert-OH is 1. The lowest BCUT2D eigenvalue weighted by molar-refractivity contribution is -0.144. The lowest BCUT2D eigenvalue weighted by Crippen LogP contribution is -2.18. The molecule has 0 fully saturated rings. The first-order valence-electron chi connectivity index (χ1n) is 4.88. The SMILES string of the molecule is CCOC(=O)C[C@H](O)C1=CC(=S)CC=C1. The third-order valence-corrected chi connectivity index (χ3v) is 2.29. The Balaban J connectivity index is 2.53. The second kappa shape index (κ2) is 5.78. The zero-order valence-corrected chi connectivity index (χ0v) is 9.42. The maximum atomic E-state index is 11.1. The Labute approximate surface area is 94.4 Å². The van der Waals surface area contributed by atoms with Gasteiger partial charge in [0.2, 0.25) is 0 Å². The molecule has 0 radical (unpaired) electrons. The van der Waals surface area contributed by atoms with Crippen molar-refractivity contribution < 1.29 is 14.6 Å². The van der Waals surface area contributed by atoms with Crippen molar-refractivity contribution in [2.45, 2.75) is 25.9 Å². The number of hydrogen-bond acceptors (Lipinski definition) is 4. The lowest BCUT2D eigenvalue weighted by Gasteiger charge is -2.13. The zero-order chi connectivity index (χ0) is 11.3. The normalized spacial score (nSPS) is 17.2. The number of ether oxygens (including phenoxy) is 1. The molecule has 0 saturated carbocycles. The summed E-state index contributed by atoms with van der Waals surface area (Å²) >= 11 is 5.01. The van der Waals surface area contributed by atoms with Gasteiger partial charge in [0.15, 0.2) is 0 Å². The van der Waals surface area contributed by atoms with E-state index in [1.165, 1.54) is 0 Å². The molecule has 0 heterocycles. The average molecular weight is 226 g/mol. The van der Waals surface area contributed by atoms with Gasteiger partial charge in [-0.25, -0.2) is 0 Å². The van der Waals surface area contributed by atoms with Crippen LogP contribution in [-0.2, 0) is 9.53 Å². The highest BCUT2D eigenvalue weighted by atomic mass is 32.1. The minimum atomic E-state index is -0.821. The predicted octanol–water partition coefficient (Wildman–Crippen LogP) is 1.56. The fourth-order valence-electron chi connectivity index (χ4n) is 1.31. The van der Waals surface area contributed by atoms with E-state index in [4.69, 9.17) is 17.0 Å². The first-order chi connectivity index (χ1) is 7.13. The molecule has 0 saturated heterocycles. The highest BCUT2D eigenvalue weighted by Gasteiger charge is 2.16. The molecule has 4 heteroatoms. The van der Waals surface area contributed by atoms with E-state index in [1.54, 1.807) is 19.1 Å². The van der Waals surface area contributed by atoms with E-state index in [0.717, 1.165) is 11.3 Å². The topological polar surface area (TPSA) is 46.5 Å². The standard InChI is InChI=1S/C11H14O3S/c1-2-14-11(13)7-10(12)8-4-3-5-9(15)6-8/h3-4,6,10,12H,2,5,7H2,1H3/t10-/m0/s1. The van der Waals surface area contributed by atoms with E-state index in [2.05, 4.69) is 0 Å². The molecule has 15 heavy (non-hydrogen) atoms. The van der Waals surface area contributed by atoms with E-state index in [-0.39, 0.29) is 6.42 Å². The largest absolute Gasteiger partial charge is 0.466 e. The third-order valence-electron chi connectivity index (χ3n) is 2.01. The maximum Gasteiger partial charge on any atom is 0.308 e. The van der Waals surface area contributed by atoms with E-state index < -0.39 is 12.1 Å². The van der Waals surface area contributed by atoms with Crippen molar-refractivity contribution in [2.24, 2.45) is 0 Å². The van der Waals surface area contributed by atoms with Gasteiger partial charge in [-0.3, -0.25) is 4.79 Å². The van der Waals surface area contributed by atoms with Gasteiger partial charge >= 0.3 is 5.97 Å². The van der Waals surface area contributed by atoms with Gasteiger partial charge in [0.05, 0.1) is 19.1 Å². The van der Waals surface area contributed by atoms with Gasteiger partial charge in [-0.05, 0) is 18.6 Å². The summed E-state index contributed by atoms with van der Waals surface area (Å²) in [4.78, 5) is 11.9. The van der Waals surface area contributed by atoms with Crippen LogP contribution in [0.1, 0.15) is 19.8 Å². The van der Waals surface area contributed by atoms with Crippen LogP contribution in [0.3, 0.4) is 0 Å². The van der Waals surface area contributed by atoms with E-state index in [0.29, 0.717) is 12.2 Å². The Kier molecular flexibility index (Phi) is 4.65. The van der Waals surface area contributed by atoms with Crippen LogP contribution in [-0.4, -0.2) is 28.7 Å². The molecule has 0 aromatic carbocycles. The van der Waals surface area contributed by atoms with Crippen LogP contribution in [0.25, 0.3) is 0 Å². The number of hydrogen-bond donors (Lipinski definition) is 1. The smallest absolute Gasteiger partial charge is 0.308 e. The van der Waals surface area contributed by atoms with Crippen LogP contribution in [0.4, 0.5) is 0 Å². The second-order valence-electron chi connectivity index (χ2n) is 3.24. The summed E-state index contributed by atoms with van der Waals surface area (Å²) in [6.45, 7) is 2.07. The van der Waals surface area contributed by atoms with Crippen LogP contribution in [0.2, 0.25) is 0 Å². The highest BCUT2D eigenvalue weighted by molar-refractivity contribution is 7.80. The average Bonchev–Trinajstić information content (AvgIpc) is 2.18.